The summed E-state index contributed by atoms with van der Waals surface area (Å²) in [6.45, 7) is 7.61. The van der Waals surface area contributed by atoms with Crippen LogP contribution in [0.25, 0.3) is 0 Å². The maximum absolute atomic E-state index is 12.5. The zero-order valence-electron chi connectivity index (χ0n) is 15.1. The summed E-state index contributed by atoms with van der Waals surface area (Å²) in [6, 6.07) is 4.28. The van der Waals surface area contributed by atoms with E-state index >= 15 is 0 Å². The van der Waals surface area contributed by atoms with Gasteiger partial charge in [-0.05, 0) is 45.4 Å². The summed E-state index contributed by atoms with van der Waals surface area (Å²) in [5, 5.41) is 5.38. The van der Waals surface area contributed by atoms with Crippen LogP contribution in [-0.2, 0) is 9.53 Å². The predicted molar refractivity (Wildman–Crippen MR) is 92.5 cm³/mol. The van der Waals surface area contributed by atoms with Crippen molar-refractivity contribution in [3.63, 3.8) is 0 Å². The van der Waals surface area contributed by atoms with Gasteiger partial charge in [-0.3, -0.25) is 0 Å². The van der Waals surface area contributed by atoms with Crippen LogP contribution in [0.4, 0.5) is 4.79 Å². The Hall–Kier alpha value is -2.70. The lowest BCUT2D eigenvalue weighted by atomic mass is 9.95. The number of amides is 2. The van der Waals surface area contributed by atoms with Gasteiger partial charge in [0.15, 0.2) is 11.5 Å². The smallest absolute Gasteiger partial charge is 0.338 e. The molecule has 1 aromatic rings. The Labute approximate surface area is 147 Å². The van der Waals surface area contributed by atoms with Crippen molar-refractivity contribution in [2.45, 2.75) is 39.8 Å². The minimum atomic E-state index is -0.635. The molecule has 1 atom stereocenters. The van der Waals surface area contributed by atoms with Gasteiger partial charge >= 0.3 is 12.0 Å². The van der Waals surface area contributed by atoms with Gasteiger partial charge in [-0.1, -0.05) is 6.07 Å². The van der Waals surface area contributed by atoms with Gasteiger partial charge in [0.2, 0.25) is 0 Å². The summed E-state index contributed by atoms with van der Waals surface area (Å²) in [4.78, 5) is 24.4. The van der Waals surface area contributed by atoms with E-state index in [9.17, 15) is 9.59 Å². The number of benzene rings is 1. The first-order valence-corrected chi connectivity index (χ1v) is 8.17. The van der Waals surface area contributed by atoms with E-state index in [1.165, 1.54) is 7.11 Å². The van der Waals surface area contributed by atoms with Crippen LogP contribution in [-0.4, -0.2) is 31.8 Å². The van der Waals surface area contributed by atoms with Crippen molar-refractivity contribution in [3.8, 4) is 11.5 Å². The summed E-state index contributed by atoms with van der Waals surface area (Å²) in [5.74, 6) is 0.653. The number of hydrogen-bond donors (Lipinski definition) is 2. The SMILES string of the molecule is CCOc1ccc(C2NC(=O)NC(C)=C2C(=O)OC(C)C)cc1OC. The molecule has 25 heavy (non-hydrogen) atoms. The number of hydrogen-bond acceptors (Lipinski definition) is 5. The number of ether oxygens (including phenoxy) is 3. The van der Waals surface area contributed by atoms with Crippen LogP contribution in [0.1, 0.15) is 39.3 Å². The molecule has 0 saturated carbocycles. The minimum Gasteiger partial charge on any atom is -0.493 e. The Bertz CT molecular complexity index is 697. The molecule has 7 heteroatoms. The van der Waals surface area contributed by atoms with E-state index in [0.717, 1.165) is 0 Å². The Morgan fingerprint density at radius 3 is 2.60 bits per heavy atom. The molecule has 1 unspecified atom stereocenters. The van der Waals surface area contributed by atoms with Crippen LogP contribution < -0.4 is 20.1 Å². The second-order valence-electron chi connectivity index (χ2n) is 5.87. The van der Waals surface area contributed by atoms with Crippen LogP contribution in [0, 0.1) is 0 Å². The predicted octanol–water partition coefficient (Wildman–Crippen LogP) is 2.67. The Morgan fingerprint density at radius 2 is 2.00 bits per heavy atom. The number of methoxy groups -OCH3 is 1. The van der Waals surface area contributed by atoms with Crippen LogP contribution in [0.3, 0.4) is 0 Å². The molecule has 1 heterocycles. The molecule has 136 valence electrons. The maximum atomic E-state index is 12.5. The molecular formula is C18H24N2O5. The van der Waals surface area contributed by atoms with Crippen molar-refractivity contribution < 1.29 is 23.8 Å². The number of urea groups is 1. The number of rotatable bonds is 6. The fourth-order valence-corrected chi connectivity index (χ4v) is 2.63. The molecule has 0 aliphatic carbocycles. The van der Waals surface area contributed by atoms with Gasteiger partial charge in [0.25, 0.3) is 0 Å². The second kappa shape index (κ2) is 7.92. The number of allylic oxidation sites excluding steroid dienone is 1. The normalized spacial score (nSPS) is 17.0. The van der Waals surface area contributed by atoms with E-state index in [1.807, 2.05) is 6.92 Å². The van der Waals surface area contributed by atoms with Gasteiger partial charge in [0.1, 0.15) is 0 Å². The Morgan fingerprint density at radius 1 is 1.28 bits per heavy atom. The monoisotopic (exact) mass is 348 g/mol. The molecule has 1 aromatic carbocycles. The molecule has 0 aromatic heterocycles. The molecule has 2 amide bonds. The van der Waals surface area contributed by atoms with Crippen LogP contribution >= 0.6 is 0 Å². The molecule has 0 spiro atoms. The lowest BCUT2D eigenvalue weighted by Crippen LogP contribution is -2.45. The highest BCUT2D eigenvalue weighted by Crippen LogP contribution is 2.34. The molecule has 2 N–H and O–H groups in total. The van der Waals surface area contributed by atoms with E-state index in [0.29, 0.717) is 34.9 Å². The molecule has 2 rings (SSSR count). The molecular weight excluding hydrogens is 324 g/mol. The number of nitrogens with one attached hydrogen (secondary N) is 2. The highest BCUT2D eigenvalue weighted by molar-refractivity contribution is 5.95. The minimum absolute atomic E-state index is 0.263. The zero-order chi connectivity index (χ0) is 18.6. The first-order valence-electron chi connectivity index (χ1n) is 8.17. The van der Waals surface area contributed by atoms with E-state index in [1.54, 1.807) is 39.0 Å². The largest absolute Gasteiger partial charge is 0.493 e. The van der Waals surface area contributed by atoms with Crippen molar-refractivity contribution in [2.75, 3.05) is 13.7 Å². The summed E-state index contributed by atoms with van der Waals surface area (Å²) in [6.07, 6.45) is -0.263. The van der Waals surface area contributed by atoms with Crippen molar-refractivity contribution in [1.29, 1.82) is 0 Å². The molecule has 7 nitrogen and oxygen atoms in total. The molecule has 0 radical (unpaired) electrons. The van der Waals surface area contributed by atoms with Gasteiger partial charge in [0, 0.05) is 5.70 Å². The highest BCUT2D eigenvalue weighted by atomic mass is 16.5. The average Bonchev–Trinajstić information content (AvgIpc) is 2.53. The fourth-order valence-electron chi connectivity index (χ4n) is 2.63. The first kappa shape index (κ1) is 18.6. The third-order valence-corrected chi connectivity index (χ3v) is 3.65. The van der Waals surface area contributed by atoms with Gasteiger partial charge < -0.3 is 24.8 Å². The summed E-state index contributed by atoms with van der Waals surface area (Å²) >= 11 is 0. The lowest BCUT2D eigenvalue weighted by molar-refractivity contribution is -0.143. The summed E-state index contributed by atoms with van der Waals surface area (Å²) in [7, 11) is 1.54. The number of carbonyl (C=O) groups excluding carboxylic acids is 2. The molecule has 0 saturated heterocycles. The van der Waals surface area contributed by atoms with E-state index in [-0.39, 0.29) is 12.1 Å². The van der Waals surface area contributed by atoms with E-state index in [4.69, 9.17) is 14.2 Å². The Balaban J connectivity index is 2.45. The average molecular weight is 348 g/mol. The third-order valence-electron chi connectivity index (χ3n) is 3.65. The summed E-state index contributed by atoms with van der Waals surface area (Å²) < 4.78 is 16.2. The molecule has 1 aliphatic rings. The maximum Gasteiger partial charge on any atom is 0.338 e. The molecule has 0 bridgehead atoms. The van der Waals surface area contributed by atoms with Gasteiger partial charge in [0.05, 0.1) is 31.4 Å². The third kappa shape index (κ3) is 4.23. The standard InChI is InChI=1S/C18H24N2O5/c1-6-24-13-8-7-12(9-14(13)23-5)16-15(17(21)25-10(2)3)11(4)19-18(22)20-16/h7-10,16H,6H2,1-5H3,(H2,19,20,22). The molecule has 0 fully saturated rings. The fraction of sp³-hybridized carbons (Fsp3) is 0.444. The van der Waals surface area contributed by atoms with Crippen LogP contribution in [0.5, 0.6) is 11.5 Å². The quantitative estimate of drug-likeness (QED) is 0.772. The van der Waals surface area contributed by atoms with Crippen LogP contribution in [0.15, 0.2) is 29.5 Å². The topological polar surface area (TPSA) is 85.9 Å². The van der Waals surface area contributed by atoms with E-state index in [2.05, 4.69) is 10.6 Å². The van der Waals surface area contributed by atoms with E-state index < -0.39 is 12.0 Å². The Kier molecular flexibility index (Phi) is 5.90. The van der Waals surface area contributed by atoms with Crippen molar-refractivity contribution in [2.24, 2.45) is 0 Å². The van der Waals surface area contributed by atoms with Gasteiger partial charge in [-0.15, -0.1) is 0 Å². The summed E-state index contributed by atoms with van der Waals surface area (Å²) in [5.41, 5.74) is 1.52. The highest BCUT2D eigenvalue weighted by Gasteiger charge is 2.33. The van der Waals surface area contributed by atoms with Gasteiger partial charge in [-0.2, -0.15) is 0 Å². The van der Waals surface area contributed by atoms with Crippen LogP contribution in [0.2, 0.25) is 0 Å². The lowest BCUT2D eigenvalue weighted by Gasteiger charge is -2.29. The first-order chi connectivity index (χ1) is 11.9. The zero-order valence-corrected chi connectivity index (χ0v) is 15.1. The number of esters is 1. The number of carbonyl (C=O) groups is 2. The molecule has 1 aliphatic heterocycles. The van der Waals surface area contributed by atoms with Crippen molar-refractivity contribution in [3.05, 3.63) is 35.0 Å². The van der Waals surface area contributed by atoms with Gasteiger partial charge in [-0.25, -0.2) is 9.59 Å². The van der Waals surface area contributed by atoms with Crippen molar-refractivity contribution in [1.82, 2.24) is 10.6 Å². The second-order valence-corrected chi connectivity index (χ2v) is 5.87. The van der Waals surface area contributed by atoms with Crippen molar-refractivity contribution >= 4 is 12.0 Å².